The van der Waals surface area contributed by atoms with Crippen molar-refractivity contribution in [3.8, 4) is 0 Å². The molecule has 0 aliphatic rings. The molecule has 0 aromatic carbocycles. The van der Waals surface area contributed by atoms with Gasteiger partial charge in [0.15, 0.2) is 0 Å². The van der Waals surface area contributed by atoms with Crippen LogP contribution in [0.2, 0.25) is 0 Å². The molecule has 0 amide bonds. The Bertz CT molecular complexity index is 141. The van der Waals surface area contributed by atoms with Gasteiger partial charge in [0.05, 0.1) is 12.2 Å². The first-order valence-corrected chi connectivity index (χ1v) is 6.06. The van der Waals surface area contributed by atoms with E-state index in [2.05, 4.69) is 0 Å². The van der Waals surface area contributed by atoms with Crippen molar-refractivity contribution in [1.82, 2.24) is 0 Å². The number of aliphatic hydroxyl groups is 2. The lowest BCUT2D eigenvalue weighted by atomic mass is 10.0. The van der Waals surface area contributed by atoms with Gasteiger partial charge in [-0.25, -0.2) is 0 Å². The van der Waals surface area contributed by atoms with Gasteiger partial charge in [0.25, 0.3) is 0 Å². The molecule has 0 aliphatic heterocycles. The number of hydrogen-bond donors (Lipinski definition) is 2. The Morgan fingerprint density at radius 3 is 1.81 bits per heavy atom. The summed E-state index contributed by atoms with van der Waals surface area (Å²) in [6.45, 7) is 1.41. The third-order valence-corrected chi connectivity index (χ3v) is 2.64. The van der Waals surface area contributed by atoms with Crippen LogP contribution in [0.5, 0.6) is 0 Å². The summed E-state index contributed by atoms with van der Waals surface area (Å²) in [5.41, 5.74) is 0. The summed E-state index contributed by atoms with van der Waals surface area (Å²) in [7, 11) is 3.33. The average Bonchev–Trinajstić information content (AvgIpc) is 2.28. The molecule has 0 saturated heterocycles. The molecule has 2 atom stereocenters. The molecule has 0 saturated carbocycles. The Labute approximate surface area is 98.6 Å². The second-order valence-corrected chi connectivity index (χ2v) is 4.11. The minimum absolute atomic E-state index is 0.598. The summed E-state index contributed by atoms with van der Waals surface area (Å²) in [6, 6.07) is 0. The van der Waals surface area contributed by atoms with E-state index in [9.17, 15) is 10.2 Å². The van der Waals surface area contributed by atoms with Gasteiger partial charge < -0.3 is 19.7 Å². The Morgan fingerprint density at radius 2 is 1.25 bits per heavy atom. The van der Waals surface area contributed by atoms with Crippen LogP contribution in [0.1, 0.15) is 38.5 Å². The number of ether oxygens (including phenoxy) is 2. The average molecular weight is 234 g/mol. The fraction of sp³-hybridized carbons (Fsp3) is 1.00. The van der Waals surface area contributed by atoms with E-state index in [1.807, 2.05) is 0 Å². The van der Waals surface area contributed by atoms with Gasteiger partial charge in [0.1, 0.15) is 0 Å². The molecule has 0 rings (SSSR count). The van der Waals surface area contributed by atoms with Gasteiger partial charge in [-0.3, -0.25) is 0 Å². The molecule has 0 heterocycles. The highest BCUT2D eigenvalue weighted by Gasteiger charge is 2.14. The molecule has 0 aliphatic carbocycles. The van der Waals surface area contributed by atoms with Crippen molar-refractivity contribution in [1.29, 1.82) is 0 Å². The minimum atomic E-state index is -0.613. The van der Waals surface area contributed by atoms with Gasteiger partial charge >= 0.3 is 0 Å². The van der Waals surface area contributed by atoms with Crippen molar-refractivity contribution < 1.29 is 19.7 Å². The summed E-state index contributed by atoms with van der Waals surface area (Å²) in [5.74, 6) is 0. The maximum Gasteiger partial charge on any atom is 0.0800 e. The maximum absolute atomic E-state index is 9.65. The van der Waals surface area contributed by atoms with Crippen LogP contribution >= 0.6 is 0 Å². The molecule has 4 nitrogen and oxygen atoms in total. The van der Waals surface area contributed by atoms with E-state index in [1.165, 1.54) is 0 Å². The van der Waals surface area contributed by atoms with Crippen LogP contribution in [-0.4, -0.2) is 49.9 Å². The second-order valence-electron chi connectivity index (χ2n) is 4.11. The van der Waals surface area contributed by atoms with Gasteiger partial charge in [-0.1, -0.05) is 12.8 Å². The summed E-state index contributed by atoms with van der Waals surface area (Å²) in [4.78, 5) is 0. The fourth-order valence-corrected chi connectivity index (χ4v) is 1.60. The zero-order valence-corrected chi connectivity index (χ0v) is 10.5. The SMILES string of the molecule is COCCCCCC(O)C(O)CCCOC. The predicted octanol–water partition coefficient (Wildman–Crippen LogP) is 1.34. The molecular formula is C12H26O4. The fourth-order valence-electron chi connectivity index (χ4n) is 1.60. The molecule has 0 radical (unpaired) electrons. The highest BCUT2D eigenvalue weighted by molar-refractivity contribution is 4.67. The van der Waals surface area contributed by atoms with Gasteiger partial charge in [-0.05, 0) is 25.7 Å². The van der Waals surface area contributed by atoms with Crippen LogP contribution in [0.25, 0.3) is 0 Å². The third-order valence-electron chi connectivity index (χ3n) is 2.64. The molecule has 0 aromatic rings. The quantitative estimate of drug-likeness (QED) is 0.530. The molecule has 0 aromatic heterocycles. The summed E-state index contributed by atoms with van der Waals surface area (Å²) >= 11 is 0. The van der Waals surface area contributed by atoms with E-state index < -0.39 is 12.2 Å². The molecule has 4 heteroatoms. The molecule has 2 unspecified atom stereocenters. The zero-order chi connectivity index (χ0) is 12.2. The zero-order valence-electron chi connectivity index (χ0n) is 10.5. The Morgan fingerprint density at radius 1 is 0.750 bits per heavy atom. The van der Waals surface area contributed by atoms with Gasteiger partial charge in [0, 0.05) is 27.4 Å². The van der Waals surface area contributed by atoms with Crippen LogP contribution in [0.15, 0.2) is 0 Å². The van der Waals surface area contributed by atoms with Gasteiger partial charge in [-0.15, -0.1) is 0 Å². The molecular weight excluding hydrogens is 208 g/mol. The van der Waals surface area contributed by atoms with E-state index >= 15 is 0 Å². The summed E-state index contributed by atoms with van der Waals surface area (Å²) < 4.78 is 9.83. The number of rotatable bonds is 11. The molecule has 2 N–H and O–H groups in total. The van der Waals surface area contributed by atoms with Crippen LogP contribution < -0.4 is 0 Å². The van der Waals surface area contributed by atoms with E-state index in [-0.39, 0.29) is 0 Å². The normalized spacial score (nSPS) is 15.0. The predicted molar refractivity (Wildman–Crippen MR) is 63.5 cm³/mol. The van der Waals surface area contributed by atoms with E-state index in [4.69, 9.17) is 9.47 Å². The molecule has 16 heavy (non-hydrogen) atoms. The van der Waals surface area contributed by atoms with E-state index in [1.54, 1.807) is 14.2 Å². The maximum atomic E-state index is 9.65. The molecule has 98 valence electrons. The number of unbranched alkanes of at least 4 members (excludes halogenated alkanes) is 2. The summed E-state index contributed by atoms with van der Waals surface area (Å²) in [5, 5.41) is 19.3. The van der Waals surface area contributed by atoms with Crippen LogP contribution in [0.3, 0.4) is 0 Å². The van der Waals surface area contributed by atoms with Crippen LogP contribution in [0, 0.1) is 0 Å². The second kappa shape index (κ2) is 11.3. The smallest absolute Gasteiger partial charge is 0.0800 e. The van der Waals surface area contributed by atoms with Gasteiger partial charge in [-0.2, -0.15) is 0 Å². The van der Waals surface area contributed by atoms with Crippen molar-refractivity contribution in [2.75, 3.05) is 27.4 Å². The lowest BCUT2D eigenvalue weighted by Crippen LogP contribution is -2.26. The highest BCUT2D eigenvalue weighted by atomic mass is 16.5. The Balaban J connectivity index is 3.36. The highest BCUT2D eigenvalue weighted by Crippen LogP contribution is 2.10. The van der Waals surface area contributed by atoms with Crippen molar-refractivity contribution in [3.05, 3.63) is 0 Å². The lowest BCUT2D eigenvalue weighted by Gasteiger charge is -2.17. The van der Waals surface area contributed by atoms with Crippen molar-refractivity contribution in [2.24, 2.45) is 0 Å². The number of aliphatic hydroxyl groups excluding tert-OH is 2. The largest absolute Gasteiger partial charge is 0.390 e. The topological polar surface area (TPSA) is 58.9 Å². The summed E-state index contributed by atoms with van der Waals surface area (Å²) in [6.07, 6.45) is 3.84. The molecule has 0 spiro atoms. The van der Waals surface area contributed by atoms with Crippen molar-refractivity contribution in [2.45, 2.75) is 50.7 Å². The Hall–Kier alpha value is -0.160. The standard InChI is InChI=1S/C12H26O4/c1-15-9-5-3-4-7-11(13)12(14)8-6-10-16-2/h11-14H,3-10H2,1-2H3. The molecule has 0 bridgehead atoms. The Kier molecular flexibility index (Phi) is 11.2. The monoisotopic (exact) mass is 234 g/mol. The third kappa shape index (κ3) is 9.09. The molecule has 0 fully saturated rings. The first kappa shape index (κ1) is 15.8. The number of hydrogen-bond acceptors (Lipinski definition) is 4. The van der Waals surface area contributed by atoms with Crippen molar-refractivity contribution >= 4 is 0 Å². The van der Waals surface area contributed by atoms with Crippen LogP contribution in [0.4, 0.5) is 0 Å². The first-order valence-electron chi connectivity index (χ1n) is 6.06. The minimum Gasteiger partial charge on any atom is -0.390 e. The first-order chi connectivity index (χ1) is 7.72. The van der Waals surface area contributed by atoms with Gasteiger partial charge in [0.2, 0.25) is 0 Å². The number of methoxy groups -OCH3 is 2. The van der Waals surface area contributed by atoms with Crippen molar-refractivity contribution in [3.63, 3.8) is 0 Å². The lowest BCUT2D eigenvalue weighted by molar-refractivity contribution is 0.00385. The van der Waals surface area contributed by atoms with E-state index in [0.717, 1.165) is 32.3 Å². The van der Waals surface area contributed by atoms with Crippen LogP contribution in [-0.2, 0) is 9.47 Å². The van der Waals surface area contributed by atoms with E-state index in [0.29, 0.717) is 19.4 Å².